The quantitative estimate of drug-likeness (QED) is 0.717. The minimum Gasteiger partial charge on any atom is -0.345 e. The van der Waals surface area contributed by atoms with Gasteiger partial charge in [0.15, 0.2) is 0 Å². The second kappa shape index (κ2) is 6.21. The Morgan fingerprint density at radius 1 is 1.13 bits per heavy atom. The smallest absolute Gasteiger partial charge is 0.222 e. The number of anilines is 1. The zero-order valence-corrected chi connectivity index (χ0v) is 14.2. The van der Waals surface area contributed by atoms with E-state index in [2.05, 4.69) is 24.1 Å². The Labute approximate surface area is 147 Å². The molecule has 1 aliphatic carbocycles. The zero-order chi connectivity index (χ0) is 16.1. The highest BCUT2D eigenvalue weighted by Gasteiger charge is 2.59. The lowest BCUT2D eigenvalue weighted by molar-refractivity contribution is -0.114. The van der Waals surface area contributed by atoms with E-state index in [1.165, 1.54) is 6.92 Å². The lowest BCUT2D eigenvalue weighted by atomic mass is 10.0. The maximum atomic E-state index is 11.1. The normalized spacial score (nSPS) is 21.4. The molecule has 3 nitrogen and oxygen atoms in total. The monoisotopic (exact) mass is 352 g/mol. The minimum absolute atomic E-state index is 0. The molecule has 1 aliphatic rings. The number of amides is 1. The van der Waals surface area contributed by atoms with E-state index in [9.17, 15) is 4.79 Å². The third kappa shape index (κ3) is 3.41. The van der Waals surface area contributed by atoms with Crippen LogP contribution >= 0.6 is 23.2 Å². The van der Waals surface area contributed by atoms with Gasteiger partial charge in [-0.05, 0) is 47.2 Å². The van der Waals surface area contributed by atoms with Gasteiger partial charge in [0.1, 0.15) is 5.82 Å². The van der Waals surface area contributed by atoms with E-state index in [0.29, 0.717) is 21.9 Å². The third-order valence-electron chi connectivity index (χ3n) is 4.43. The number of H-pyrrole nitrogens is 1. The summed E-state index contributed by atoms with van der Waals surface area (Å²) in [5.74, 6) is 1.35. The molecule has 2 atom stereocenters. The number of aromatic amines is 1. The van der Waals surface area contributed by atoms with Crippen molar-refractivity contribution in [2.24, 2.45) is 5.41 Å². The van der Waals surface area contributed by atoms with Crippen LogP contribution in [0.1, 0.15) is 51.3 Å². The minimum atomic E-state index is -0.0818. The number of carbonyl (C=O) groups is 1. The Hall–Kier alpha value is -1.45. The number of nitrogens with one attached hydrogen (secondary N) is 2. The number of hydrogen-bond donors (Lipinski definition) is 2. The van der Waals surface area contributed by atoms with Crippen LogP contribution in [0.25, 0.3) is 0 Å². The van der Waals surface area contributed by atoms with Crippen LogP contribution in [0.5, 0.6) is 0 Å². The summed E-state index contributed by atoms with van der Waals surface area (Å²) in [7, 11) is 0. The number of rotatable bonds is 3. The summed E-state index contributed by atoms with van der Waals surface area (Å²) in [4.78, 5) is 14.4. The molecule has 5 heteroatoms. The van der Waals surface area contributed by atoms with Crippen molar-refractivity contribution in [1.82, 2.24) is 4.98 Å². The summed E-state index contributed by atoms with van der Waals surface area (Å²) in [5, 5.41) is 4.09. The molecule has 124 valence electrons. The summed E-state index contributed by atoms with van der Waals surface area (Å²) in [5.41, 5.74) is 2.39. The summed E-state index contributed by atoms with van der Waals surface area (Å²) >= 11 is 12.3. The predicted octanol–water partition coefficient (Wildman–Crippen LogP) is 5.82. The predicted molar refractivity (Wildman–Crippen MR) is 97.6 cm³/mol. The van der Waals surface area contributed by atoms with Crippen LogP contribution in [0.2, 0.25) is 10.0 Å². The van der Waals surface area contributed by atoms with E-state index in [-0.39, 0.29) is 18.7 Å². The molecule has 1 aromatic carbocycles. The first kappa shape index (κ1) is 17.9. The van der Waals surface area contributed by atoms with Gasteiger partial charge in [-0.1, -0.05) is 44.5 Å². The maximum Gasteiger partial charge on any atom is 0.222 e. The van der Waals surface area contributed by atoms with Crippen molar-refractivity contribution in [2.45, 2.75) is 40.0 Å². The van der Waals surface area contributed by atoms with E-state index in [0.717, 1.165) is 17.1 Å². The average molecular weight is 353 g/mol. The first-order chi connectivity index (χ1) is 10.3. The van der Waals surface area contributed by atoms with Crippen LogP contribution in [-0.4, -0.2) is 10.9 Å². The lowest BCUT2D eigenvalue weighted by Gasteiger charge is -2.04. The van der Waals surface area contributed by atoms with Gasteiger partial charge in [-0.25, -0.2) is 0 Å². The molecule has 2 aromatic rings. The van der Waals surface area contributed by atoms with Gasteiger partial charge in [-0.15, -0.1) is 0 Å². The number of hydrogen-bond acceptors (Lipinski definition) is 1. The topological polar surface area (TPSA) is 44.9 Å². The van der Waals surface area contributed by atoms with E-state index in [4.69, 9.17) is 23.2 Å². The summed E-state index contributed by atoms with van der Waals surface area (Å²) < 4.78 is 0. The van der Waals surface area contributed by atoms with Gasteiger partial charge in [0.2, 0.25) is 5.91 Å². The van der Waals surface area contributed by atoms with E-state index in [1.807, 2.05) is 24.3 Å². The van der Waals surface area contributed by atoms with Crippen LogP contribution in [0.3, 0.4) is 0 Å². The number of halogens is 2. The van der Waals surface area contributed by atoms with Gasteiger partial charge < -0.3 is 10.3 Å². The molecule has 1 saturated carbocycles. The largest absolute Gasteiger partial charge is 0.345 e. The molecule has 2 N–H and O–H groups in total. The van der Waals surface area contributed by atoms with Crippen LogP contribution in [0, 0.1) is 5.41 Å². The van der Waals surface area contributed by atoms with Crippen LogP contribution in [-0.2, 0) is 4.79 Å². The van der Waals surface area contributed by atoms with Crippen LogP contribution in [0.4, 0.5) is 5.82 Å². The Bertz CT molecular complexity index is 716. The molecule has 23 heavy (non-hydrogen) atoms. The van der Waals surface area contributed by atoms with Gasteiger partial charge >= 0.3 is 0 Å². The fourth-order valence-electron chi connectivity index (χ4n) is 3.45. The van der Waals surface area contributed by atoms with Crippen molar-refractivity contribution in [3.8, 4) is 0 Å². The van der Waals surface area contributed by atoms with Crippen LogP contribution in [0.15, 0.2) is 30.3 Å². The molecule has 0 bridgehead atoms. The van der Waals surface area contributed by atoms with Crippen molar-refractivity contribution in [3.63, 3.8) is 0 Å². The second-order valence-electron chi connectivity index (χ2n) is 6.49. The highest BCUT2D eigenvalue weighted by atomic mass is 35.5. The van der Waals surface area contributed by atoms with Crippen molar-refractivity contribution >= 4 is 34.9 Å². The van der Waals surface area contributed by atoms with Crippen molar-refractivity contribution in [1.29, 1.82) is 0 Å². The van der Waals surface area contributed by atoms with E-state index < -0.39 is 0 Å². The van der Waals surface area contributed by atoms with Gasteiger partial charge in [0.25, 0.3) is 0 Å². The van der Waals surface area contributed by atoms with Gasteiger partial charge in [-0.3, -0.25) is 4.79 Å². The standard InChI is InChI=1S/C17H18Cl2N2O.CH4/c1-9(22)20-14-5-4-13(21-14)16-15(17(16,2)3)10-6-11(18)8-12(19)7-10;/h4-8,15-16,21H,1-3H3,(H,20,22);1H4/t15-,16-;/m1./s1. The first-order valence-electron chi connectivity index (χ1n) is 7.21. The summed E-state index contributed by atoms with van der Waals surface area (Å²) in [6.45, 7) is 5.96. The molecule has 0 aliphatic heterocycles. The molecule has 0 spiro atoms. The fourth-order valence-corrected chi connectivity index (χ4v) is 3.99. The van der Waals surface area contributed by atoms with Crippen LogP contribution < -0.4 is 5.32 Å². The van der Waals surface area contributed by atoms with Gasteiger partial charge in [0, 0.05) is 28.6 Å². The van der Waals surface area contributed by atoms with E-state index >= 15 is 0 Å². The molecule has 1 aromatic heterocycles. The lowest BCUT2D eigenvalue weighted by Crippen LogP contribution is -2.05. The highest BCUT2D eigenvalue weighted by molar-refractivity contribution is 6.34. The molecule has 1 fully saturated rings. The molecule has 3 rings (SSSR count). The number of carbonyl (C=O) groups excluding carboxylic acids is 1. The maximum absolute atomic E-state index is 11.1. The molecule has 0 saturated heterocycles. The Morgan fingerprint density at radius 2 is 1.74 bits per heavy atom. The molecule has 0 unspecified atom stereocenters. The number of benzene rings is 1. The van der Waals surface area contributed by atoms with Crippen molar-refractivity contribution in [2.75, 3.05) is 5.32 Å². The third-order valence-corrected chi connectivity index (χ3v) is 4.86. The second-order valence-corrected chi connectivity index (χ2v) is 7.36. The fraction of sp³-hybridized carbons (Fsp3) is 0.389. The van der Waals surface area contributed by atoms with E-state index in [1.54, 1.807) is 6.07 Å². The molecule has 1 heterocycles. The SMILES string of the molecule is C.CC(=O)Nc1ccc([C@@H]2[C@@H](c3cc(Cl)cc(Cl)c3)C2(C)C)[nH]1. The van der Waals surface area contributed by atoms with Crippen molar-refractivity contribution < 1.29 is 4.79 Å². The average Bonchev–Trinajstić information content (AvgIpc) is 2.73. The molecular formula is C18H22Cl2N2O. The zero-order valence-electron chi connectivity index (χ0n) is 12.7. The first-order valence-corrected chi connectivity index (χ1v) is 7.97. The Balaban J connectivity index is 0.00000192. The van der Waals surface area contributed by atoms with Gasteiger partial charge in [0.05, 0.1) is 0 Å². The summed E-state index contributed by atoms with van der Waals surface area (Å²) in [6.07, 6.45) is 0. The molecule has 0 radical (unpaired) electrons. The molecule has 1 amide bonds. The Kier molecular flexibility index (Phi) is 4.84. The van der Waals surface area contributed by atoms with Gasteiger partial charge in [-0.2, -0.15) is 0 Å². The highest BCUT2D eigenvalue weighted by Crippen LogP contribution is 2.69. The number of aromatic nitrogens is 1. The summed E-state index contributed by atoms with van der Waals surface area (Å²) in [6, 6.07) is 9.65. The molecular weight excluding hydrogens is 331 g/mol. The van der Waals surface area contributed by atoms with Crippen molar-refractivity contribution in [3.05, 3.63) is 51.6 Å². The Morgan fingerprint density at radius 3 is 2.30 bits per heavy atom.